The van der Waals surface area contributed by atoms with Gasteiger partial charge in [-0.25, -0.2) is 8.42 Å². The van der Waals surface area contributed by atoms with Crippen molar-refractivity contribution in [3.8, 4) is 0 Å². The summed E-state index contributed by atoms with van der Waals surface area (Å²) in [4.78, 5) is 24.3. The van der Waals surface area contributed by atoms with Crippen molar-refractivity contribution in [3.63, 3.8) is 0 Å². The number of nitrogens with zero attached hydrogens (tertiary/aromatic N) is 1. The summed E-state index contributed by atoms with van der Waals surface area (Å²) in [6, 6.07) is 7.22. The Balaban J connectivity index is 2.15. The van der Waals surface area contributed by atoms with Crippen molar-refractivity contribution in [2.45, 2.75) is 50.5 Å². The first-order chi connectivity index (χ1) is 12.3. The molecule has 0 radical (unpaired) electrons. The lowest BCUT2D eigenvalue weighted by molar-refractivity contribution is -0.149. The third kappa shape index (κ3) is 3.91. The van der Waals surface area contributed by atoms with E-state index in [-0.39, 0.29) is 18.0 Å². The number of aliphatic carboxylic acids is 1. The van der Waals surface area contributed by atoms with Crippen molar-refractivity contribution in [1.82, 2.24) is 9.62 Å². The summed E-state index contributed by atoms with van der Waals surface area (Å²) in [5, 5.41) is 12.2. The van der Waals surface area contributed by atoms with Crippen LogP contribution in [0.3, 0.4) is 0 Å². The van der Waals surface area contributed by atoms with E-state index in [1.54, 1.807) is 32.0 Å². The number of sulfonamides is 1. The molecule has 1 aliphatic rings. The number of carboxylic acids is 1. The van der Waals surface area contributed by atoms with E-state index in [4.69, 9.17) is 0 Å². The van der Waals surface area contributed by atoms with Gasteiger partial charge in [0.25, 0.3) is 0 Å². The molecule has 26 heavy (non-hydrogen) atoms. The minimum absolute atomic E-state index is 0.0100. The zero-order valence-electron chi connectivity index (χ0n) is 15.1. The molecule has 2 N–H and O–H groups in total. The van der Waals surface area contributed by atoms with Crippen molar-refractivity contribution in [1.29, 1.82) is 0 Å². The van der Waals surface area contributed by atoms with Gasteiger partial charge in [-0.2, -0.15) is 4.31 Å². The molecule has 0 bridgehead atoms. The summed E-state index contributed by atoms with van der Waals surface area (Å²) < 4.78 is 26.9. The van der Waals surface area contributed by atoms with Gasteiger partial charge in [-0.15, -0.1) is 0 Å². The van der Waals surface area contributed by atoms with Gasteiger partial charge in [0.2, 0.25) is 15.9 Å². The summed E-state index contributed by atoms with van der Waals surface area (Å²) in [6.07, 6.45) is 1.79. The average Bonchev–Trinajstić information content (AvgIpc) is 3.14. The number of carbonyl (C=O) groups excluding carboxylic acids is 1. The Labute approximate surface area is 154 Å². The minimum atomic E-state index is -3.76. The van der Waals surface area contributed by atoms with Gasteiger partial charge in [0.15, 0.2) is 0 Å². The summed E-state index contributed by atoms with van der Waals surface area (Å²) >= 11 is 0. The number of benzene rings is 1. The van der Waals surface area contributed by atoms with Crippen molar-refractivity contribution in [3.05, 3.63) is 30.3 Å². The van der Waals surface area contributed by atoms with Crippen LogP contribution in [0.5, 0.6) is 0 Å². The molecule has 1 heterocycles. The number of rotatable bonds is 8. The van der Waals surface area contributed by atoms with E-state index in [2.05, 4.69) is 5.32 Å². The molecule has 1 aromatic rings. The maximum atomic E-state index is 12.8. The molecule has 7 nitrogen and oxygen atoms in total. The largest absolute Gasteiger partial charge is 0.481 e. The van der Waals surface area contributed by atoms with E-state index < -0.39 is 33.4 Å². The lowest BCUT2D eigenvalue weighted by atomic mass is 9.82. The molecule has 1 unspecified atom stereocenters. The maximum absolute atomic E-state index is 12.8. The van der Waals surface area contributed by atoms with Crippen molar-refractivity contribution < 1.29 is 23.1 Å². The fourth-order valence-electron chi connectivity index (χ4n) is 3.27. The molecule has 0 saturated carbocycles. The summed E-state index contributed by atoms with van der Waals surface area (Å²) in [6.45, 7) is 3.81. The Morgan fingerprint density at radius 3 is 2.38 bits per heavy atom. The topological polar surface area (TPSA) is 104 Å². The SMILES string of the molecule is CCC(CC)(CNC(=O)C1CCCN1S(=O)(=O)c1ccccc1)C(=O)O. The third-order valence-electron chi connectivity index (χ3n) is 5.26. The van der Waals surface area contributed by atoms with Gasteiger partial charge < -0.3 is 10.4 Å². The Bertz CT molecular complexity index is 744. The highest BCUT2D eigenvalue weighted by Gasteiger charge is 2.41. The van der Waals surface area contributed by atoms with E-state index in [9.17, 15) is 23.1 Å². The predicted octanol–water partition coefficient (Wildman–Crippen LogP) is 1.85. The Kier molecular flexibility index (Phi) is 6.41. The standard InChI is InChI=1S/C18H26N2O5S/c1-3-18(4-2,17(22)23)13-19-16(21)15-11-8-12-20(15)26(24,25)14-9-6-5-7-10-14/h5-7,9-10,15H,3-4,8,11-13H2,1-2H3,(H,19,21)(H,22,23). The highest BCUT2D eigenvalue weighted by Crippen LogP contribution is 2.28. The first-order valence-electron chi connectivity index (χ1n) is 8.86. The molecule has 1 fully saturated rings. The average molecular weight is 382 g/mol. The van der Waals surface area contributed by atoms with Gasteiger partial charge in [-0.3, -0.25) is 9.59 Å². The lowest BCUT2D eigenvalue weighted by Crippen LogP contribution is -2.49. The monoisotopic (exact) mass is 382 g/mol. The number of hydrogen-bond donors (Lipinski definition) is 2. The van der Waals surface area contributed by atoms with Gasteiger partial charge in [0.05, 0.1) is 10.3 Å². The summed E-state index contributed by atoms with van der Waals surface area (Å²) in [5.41, 5.74) is -1.03. The first-order valence-corrected chi connectivity index (χ1v) is 10.3. The summed E-state index contributed by atoms with van der Waals surface area (Å²) in [7, 11) is -3.76. The van der Waals surface area contributed by atoms with Crippen LogP contribution in [-0.4, -0.2) is 48.8 Å². The van der Waals surface area contributed by atoms with E-state index in [0.29, 0.717) is 25.7 Å². The highest BCUT2D eigenvalue weighted by molar-refractivity contribution is 7.89. The van der Waals surface area contributed by atoms with Crippen LogP contribution in [0.2, 0.25) is 0 Å². The maximum Gasteiger partial charge on any atom is 0.311 e. The molecule has 2 rings (SSSR count). The molecule has 1 atom stereocenters. The Hall–Kier alpha value is -1.93. The van der Waals surface area contributed by atoms with Gasteiger partial charge >= 0.3 is 5.97 Å². The third-order valence-corrected chi connectivity index (χ3v) is 7.19. The van der Waals surface area contributed by atoms with Crippen LogP contribution < -0.4 is 5.32 Å². The van der Waals surface area contributed by atoms with E-state index in [0.717, 1.165) is 0 Å². The van der Waals surface area contributed by atoms with Gasteiger partial charge in [-0.1, -0.05) is 32.0 Å². The number of amides is 1. The van der Waals surface area contributed by atoms with Gasteiger partial charge in [0, 0.05) is 13.1 Å². The van der Waals surface area contributed by atoms with E-state index in [1.807, 2.05) is 0 Å². The van der Waals surface area contributed by atoms with Gasteiger partial charge in [-0.05, 0) is 37.8 Å². The van der Waals surface area contributed by atoms with Crippen LogP contribution in [-0.2, 0) is 19.6 Å². The van der Waals surface area contributed by atoms with Crippen molar-refractivity contribution in [2.75, 3.05) is 13.1 Å². The van der Waals surface area contributed by atoms with Crippen molar-refractivity contribution >= 4 is 21.9 Å². The predicted molar refractivity (Wildman–Crippen MR) is 97.0 cm³/mol. The first kappa shape index (κ1) is 20.4. The number of carboxylic acid groups (broad SMARTS) is 1. The molecule has 144 valence electrons. The lowest BCUT2D eigenvalue weighted by Gasteiger charge is -2.29. The van der Waals surface area contributed by atoms with Crippen LogP contribution in [0.1, 0.15) is 39.5 Å². The second-order valence-corrected chi connectivity index (χ2v) is 8.49. The molecular weight excluding hydrogens is 356 g/mol. The Morgan fingerprint density at radius 2 is 1.85 bits per heavy atom. The molecule has 8 heteroatoms. The fraction of sp³-hybridized carbons (Fsp3) is 0.556. The second kappa shape index (κ2) is 8.18. The quantitative estimate of drug-likeness (QED) is 0.714. The van der Waals surface area contributed by atoms with Crippen LogP contribution in [0, 0.1) is 5.41 Å². The molecule has 0 spiro atoms. The number of nitrogens with one attached hydrogen (secondary N) is 1. The summed E-state index contributed by atoms with van der Waals surface area (Å²) in [5.74, 6) is -1.39. The molecule has 1 aromatic carbocycles. The van der Waals surface area contributed by atoms with Crippen molar-refractivity contribution in [2.24, 2.45) is 5.41 Å². The van der Waals surface area contributed by atoms with E-state index >= 15 is 0 Å². The smallest absolute Gasteiger partial charge is 0.311 e. The van der Waals surface area contributed by atoms with Crippen LogP contribution in [0.25, 0.3) is 0 Å². The molecule has 1 saturated heterocycles. The second-order valence-electron chi connectivity index (χ2n) is 6.60. The number of carbonyl (C=O) groups is 2. The minimum Gasteiger partial charge on any atom is -0.481 e. The van der Waals surface area contributed by atoms with Crippen LogP contribution in [0.15, 0.2) is 35.2 Å². The van der Waals surface area contributed by atoms with Crippen LogP contribution >= 0.6 is 0 Å². The zero-order chi connectivity index (χ0) is 19.4. The molecule has 0 aromatic heterocycles. The van der Waals surface area contributed by atoms with E-state index in [1.165, 1.54) is 16.4 Å². The zero-order valence-corrected chi connectivity index (χ0v) is 16.0. The molecule has 1 aliphatic heterocycles. The Morgan fingerprint density at radius 1 is 1.23 bits per heavy atom. The fourth-order valence-corrected chi connectivity index (χ4v) is 4.95. The highest BCUT2D eigenvalue weighted by atomic mass is 32.2. The van der Waals surface area contributed by atoms with Gasteiger partial charge in [0.1, 0.15) is 6.04 Å². The number of hydrogen-bond acceptors (Lipinski definition) is 4. The molecule has 1 amide bonds. The normalized spacial score (nSPS) is 18.6. The molecular formula is C18H26N2O5S. The van der Waals surface area contributed by atoms with Crippen LogP contribution in [0.4, 0.5) is 0 Å². The molecule has 0 aliphatic carbocycles.